The van der Waals surface area contributed by atoms with Crippen LogP contribution in [-0.4, -0.2) is 11.7 Å². The predicted octanol–water partition coefficient (Wildman–Crippen LogP) is 4.90. The van der Waals surface area contributed by atoms with Crippen LogP contribution >= 0.6 is 0 Å². The quantitative estimate of drug-likeness (QED) is 0.801. The predicted molar refractivity (Wildman–Crippen MR) is 101 cm³/mol. The Hall–Kier alpha value is -2.68. The Morgan fingerprint density at radius 1 is 0.880 bits per heavy atom. The number of hydrogen-bond donors (Lipinski definition) is 0. The average Bonchev–Trinajstić information content (AvgIpc) is 2.58. The maximum atomic E-state index is 13.5. The lowest BCUT2D eigenvalue weighted by molar-refractivity contribution is -0.115. The minimum absolute atomic E-state index is 0.0727. The number of carbonyl (C=O) groups excluding carboxylic acids is 2. The van der Waals surface area contributed by atoms with Gasteiger partial charge in [0.05, 0.1) is 5.69 Å². The highest BCUT2D eigenvalue weighted by Gasteiger charge is 2.27. The van der Waals surface area contributed by atoms with E-state index < -0.39 is 0 Å². The van der Waals surface area contributed by atoms with Gasteiger partial charge in [-0.2, -0.15) is 0 Å². The Bertz CT molecular complexity index is 844. The van der Waals surface area contributed by atoms with E-state index in [-0.39, 0.29) is 11.7 Å². The Labute approximate surface area is 149 Å². The van der Waals surface area contributed by atoms with Gasteiger partial charge in [-0.25, -0.2) is 0 Å². The van der Waals surface area contributed by atoms with E-state index in [0.717, 1.165) is 40.9 Å². The number of amides is 1. The maximum Gasteiger partial charge on any atom is 0.262 e. The molecule has 0 radical (unpaired) electrons. The Kier molecular flexibility index (Phi) is 4.84. The van der Waals surface area contributed by atoms with E-state index in [4.69, 9.17) is 0 Å². The van der Waals surface area contributed by atoms with Crippen molar-refractivity contribution < 1.29 is 9.59 Å². The minimum atomic E-state index is -0.0727. The van der Waals surface area contributed by atoms with Crippen LogP contribution in [0, 0.1) is 20.8 Å². The molecule has 0 atom stereocenters. The molecule has 0 heterocycles. The molecule has 0 fully saturated rings. The second kappa shape index (κ2) is 7.06. The maximum absolute atomic E-state index is 13.5. The van der Waals surface area contributed by atoms with Crippen molar-refractivity contribution in [3.63, 3.8) is 0 Å². The highest BCUT2D eigenvalue weighted by molar-refractivity contribution is 6.10. The molecule has 1 amide bonds. The summed E-state index contributed by atoms with van der Waals surface area (Å²) >= 11 is 0. The topological polar surface area (TPSA) is 37.4 Å². The highest BCUT2D eigenvalue weighted by atomic mass is 16.2. The molecule has 3 nitrogen and oxygen atoms in total. The molecule has 2 aromatic rings. The summed E-state index contributed by atoms with van der Waals surface area (Å²) in [5.74, 6) is 0.0199. The molecule has 128 valence electrons. The van der Waals surface area contributed by atoms with Crippen LogP contribution in [0.15, 0.2) is 54.2 Å². The fraction of sp³-hybridized carbons (Fsp3) is 0.273. The summed E-state index contributed by atoms with van der Waals surface area (Å²) in [7, 11) is 0. The SMILES string of the molecule is Cc1ccccc1C(=O)N(C1=CC(=O)CCC1)c1c(C)cccc1C. The molecule has 0 N–H and O–H groups in total. The minimum Gasteiger partial charge on any atom is -0.295 e. The van der Waals surface area contributed by atoms with Gasteiger partial charge >= 0.3 is 0 Å². The van der Waals surface area contributed by atoms with Gasteiger partial charge in [-0.3, -0.25) is 14.5 Å². The molecule has 1 aliphatic carbocycles. The van der Waals surface area contributed by atoms with Gasteiger partial charge in [0.15, 0.2) is 5.78 Å². The Morgan fingerprint density at radius 3 is 2.16 bits per heavy atom. The van der Waals surface area contributed by atoms with E-state index in [0.29, 0.717) is 12.0 Å². The Morgan fingerprint density at radius 2 is 1.52 bits per heavy atom. The summed E-state index contributed by atoms with van der Waals surface area (Å²) in [6, 6.07) is 13.6. The highest BCUT2D eigenvalue weighted by Crippen LogP contribution is 2.33. The van der Waals surface area contributed by atoms with Gasteiger partial charge in [0.2, 0.25) is 0 Å². The molecular weight excluding hydrogens is 310 g/mol. The fourth-order valence-corrected chi connectivity index (χ4v) is 3.42. The van der Waals surface area contributed by atoms with Gasteiger partial charge in [0.1, 0.15) is 0 Å². The van der Waals surface area contributed by atoms with E-state index in [2.05, 4.69) is 0 Å². The number of benzene rings is 2. The second-order valence-corrected chi connectivity index (χ2v) is 6.65. The standard InChI is InChI=1S/C22H23NO2/c1-15-8-4-5-13-20(15)22(25)23(18-11-7-12-19(24)14-18)21-16(2)9-6-10-17(21)3/h4-6,8-10,13-14H,7,11-12H2,1-3H3. The largest absolute Gasteiger partial charge is 0.295 e. The van der Waals surface area contributed by atoms with E-state index in [1.54, 1.807) is 11.0 Å². The molecule has 0 unspecified atom stereocenters. The van der Waals surface area contributed by atoms with Gasteiger partial charge in [0, 0.05) is 23.8 Å². The van der Waals surface area contributed by atoms with Crippen molar-refractivity contribution in [2.75, 3.05) is 4.90 Å². The molecule has 0 aromatic heterocycles. The molecule has 0 aliphatic heterocycles. The van der Waals surface area contributed by atoms with Crippen molar-refractivity contribution in [3.05, 3.63) is 76.5 Å². The van der Waals surface area contributed by atoms with Crippen LogP contribution in [0.1, 0.15) is 46.3 Å². The summed E-state index contributed by atoms with van der Waals surface area (Å²) in [5, 5.41) is 0. The molecule has 3 rings (SSSR count). The number of hydrogen-bond acceptors (Lipinski definition) is 2. The summed E-state index contributed by atoms with van der Waals surface area (Å²) < 4.78 is 0. The van der Waals surface area contributed by atoms with Crippen LogP contribution in [-0.2, 0) is 4.79 Å². The third-order valence-electron chi connectivity index (χ3n) is 4.71. The number of allylic oxidation sites excluding steroid dienone is 2. The molecule has 1 aliphatic rings. The van der Waals surface area contributed by atoms with E-state index in [9.17, 15) is 9.59 Å². The van der Waals surface area contributed by atoms with Crippen molar-refractivity contribution in [2.24, 2.45) is 0 Å². The first-order chi connectivity index (χ1) is 12.0. The zero-order chi connectivity index (χ0) is 18.0. The van der Waals surface area contributed by atoms with Crippen LogP contribution < -0.4 is 4.90 Å². The smallest absolute Gasteiger partial charge is 0.262 e. The third kappa shape index (κ3) is 3.41. The van der Waals surface area contributed by atoms with Crippen LogP contribution in [0.2, 0.25) is 0 Å². The van der Waals surface area contributed by atoms with Crippen LogP contribution in [0.25, 0.3) is 0 Å². The lowest BCUT2D eigenvalue weighted by atomic mass is 9.98. The molecule has 3 heteroatoms. The lowest BCUT2D eigenvalue weighted by Crippen LogP contribution is -2.33. The number of ketones is 1. The summed E-state index contributed by atoms with van der Waals surface area (Å²) in [4.78, 5) is 27.2. The number of aryl methyl sites for hydroxylation is 3. The molecule has 2 aromatic carbocycles. The van der Waals surface area contributed by atoms with E-state index in [1.807, 2.05) is 63.2 Å². The fourth-order valence-electron chi connectivity index (χ4n) is 3.42. The average molecular weight is 333 g/mol. The molecular formula is C22H23NO2. The zero-order valence-corrected chi connectivity index (χ0v) is 15.0. The second-order valence-electron chi connectivity index (χ2n) is 6.65. The third-order valence-corrected chi connectivity index (χ3v) is 4.71. The number of nitrogens with zero attached hydrogens (tertiary/aromatic N) is 1. The van der Waals surface area contributed by atoms with Gasteiger partial charge in [-0.05, 0) is 56.4 Å². The first-order valence-corrected chi connectivity index (χ1v) is 8.68. The lowest BCUT2D eigenvalue weighted by Gasteiger charge is -2.30. The van der Waals surface area contributed by atoms with Crippen molar-refractivity contribution in [3.8, 4) is 0 Å². The molecule has 25 heavy (non-hydrogen) atoms. The molecule has 0 saturated heterocycles. The van der Waals surface area contributed by atoms with Crippen molar-refractivity contribution in [1.82, 2.24) is 0 Å². The van der Waals surface area contributed by atoms with Gasteiger partial charge in [0.25, 0.3) is 5.91 Å². The van der Waals surface area contributed by atoms with Crippen molar-refractivity contribution in [1.29, 1.82) is 0 Å². The zero-order valence-electron chi connectivity index (χ0n) is 15.0. The van der Waals surface area contributed by atoms with Gasteiger partial charge in [-0.15, -0.1) is 0 Å². The van der Waals surface area contributed by atoms with Crippen molar-refractivity contribution in [2.45, 2.75) is 40.0 Å². The van der Waals surface area contributed by atoms with Crippen LogP contribution in [0.4, 0.5) is 5.69 Å². The van der Waals surface area contributed by atoms with E-state index >= 15 is 0 Å². The summed E-state index contributed by atoms with van der Waals surface area (Å²) in [6.45, 7) is 5.95. The summed E-state index contributed by atoms with van der Waals surface area (Å²) in [5.41, 5.74) is 5.34. The number of anilines is 1. The normalized spacial score (nSPS) is 14.2. The van der Waals surface area contributed by atoms with Gasteiger partial charge < -0.3 is 0 Å². The van der Waals surface area contributed by atoms with E-state index in [1.165, 1.54) is 0 Å². The molecule has 0 saturated carbocycles. The number of carbonyl (C=O) groups is 2. The Balaban J connectivity index is 2.18. The molecule has 0 bridgehead atoms. The van der Waals surface area contributed by atoms with Gasteiger partial charge in [-0.1, -0.05) is 36.4 Å². The molecule has 0 spiro atoms. The first-order valence-electron chi connectivity index (χ1n) is 8.68. The summed E-state index contributed by atoms with van der Waals surface area (Å²) in [6.07, 6.45) is 3.72. The monoisotopic (exact) mass is 333 g/mol. The first kappa shape index (κ1) is 17.2. The van der Waals surface area contributed by atoms with Crippen molar-refractivity contribution >= 4 is 17.4 Å². The number of para-hydroxylation sites is 1. The van der Waals surface area contributed by atoms with Crippen LogP contribution in [0.5, 0.6) is 0 Å². The van der Waals surface area contributed by atoms with Crippen LogP contribution in [0.3, 0.4) is 0 Å². The number of rotatable bonds is 3.